The van der Waals surface area contributed by atoms with Crippen LogP contribution in [0.25, 0.3) is 11.0 Å². The van der Waals surface area contributed by atoms with E-state index in [9.17, 15) is 15.0 Å². The highest BCUT2D eigenvalue weighted by atomic mass is 16.5. The zero-order chi connectivity index (χ0) is 25.4. The Balaban J connectivity index is 2.17. The van der Waals surface area contributed by atoms with Crippen LogP contribution in [-0.2, 0) is 15.9 Å². The molecular weight excluding hydrogens is 432 g/mol. The van der Waals surface area contributed by atoms with Gasteiger partial charge in [-0.2, -0.15) is 0 Å². The highest BCUT2D eigenvalue weighted by molar-refractivity contribution is 5.85. The molecule has 2 rings (SSSR count). The van der Waals surface area contributed by atoms with Crippen molar-refractivity contribution in [1.82, 2.24) is 0 Å². The molecule has 1 aromatic heterocycles. The number of rotatable bonds is 11. The molecule has 0 aliphatic heterocycles. The zero-order valence-corrected chi connectivity index (χ0v) is 21.3. The smallest absolute Gasteiger partial charge is 0.199 e. The number of ether oxygens (including phenoxy) is 2. The quantitative estimate of drug-likeness (QED) is 0.402. The molecule has 0 saturated heterocycles. The van der Waals surface area contributed by atoms with Crippen LogP contribution < -0.4 is 5.43 Å². The standard InChI is InChI=1S/C28H38O6/c1-8-17(2)11-9-10-12-23(32-6)20(5)28(33-7)18(3)13-14-24-19(4)27(31)26-22(30)15-21(29)16-25(26)34-24/h8-12,15-16,18,20,23,28-30H,13-14H2,1-7H3/b11-9+,12-10+,17-8+. The van der Waals surface area contributed by atoms with Crippen LogP contribution in [0.15, 0.2) is 57.3 Å². The first-order valence-corrected chi connectivity index (χ1v) is 11.7. The van der Waals surface area contributed by atoms with E-state index in [0.717, 1.165) is 12.5 Å². The Morgan fingerprint density at radius 2 is 1.85 bits per heavy atom. The molecule has 0 fully saturated rings. The minimum Gasteiger partial charge on any atom is -0.508 e. The molecule has 4 atom stereocenters. The van der Waals surface area contributed by atoms with Gasteiger partial charge in [-0.05, 0) is 33.1 Å². The molecule has 0 amide bonds. The predicted octanol–water partition coefficient (Wildman–Crippen LogP) is 5.83. The number of phenols is 2. The van der Waals surface area contributed by atoms with Crippen molar-refractivity contribution < 1.29 is 24.1 Å². The third-order valence-corrected chi connectivity index (χ3v) is 6.48. The molecule has 0 spiro atoms. The van der Waals surface area contributed by atoms with Crippen molar-refractivity contribution in [2.24, 2.45) is 11.8 Å². The van der Waals surface area contributed by atoms with Crippen molar-refractivity contribution in [1.29, 1.82) is 0 Å². The molecule has 1 aromatic carbocycles. The predicted molar refractivity (Wildman–Crippen MR) is 137 cm³/mol. The van der Waals surface area contributed by atoms with Crippen molar-refractivity contribution in [3.8, 4) is 11.5 Å². The minimum absolute atomic E-state index is 0.0728. The van der Waals surface area contributed by atoms with Crippen molar-refractivity contribution >= 4 is 11.0 Å². The van der Waals surface area contributed by atoms with Gasteiger partial charge in [-0.25, -0.2) is 0 Å². The Morgan fingerprint density at radius 1 is 1.15 bits per heavy atom. The summed E-state index contributed by atoms with van der Waals surface area (Å²) in [6, 6.07) is 2.49. The van der Waals surface area contributed by atoms with Gasteiger partial charge in [0, 0.05) is 44.3 Å². The van der Waals surface area contributed by atoms with Crippen LogP contribution in [0.2, 0.25) is 0 Å². The number of hydrogen-bond acceptors (Lipinski definition) is 6. The minimum atomic E-state index is -0.288. The Hall–Kier alpha value is -2.83. The summed E-state index contributed by atoms with van der Waals surface area (Å²) in [5.74, 6) is 0.360. The largest absolute Gasteiger partial charge is 0.508 e. The summed E-state index contributed by atoms with van der Waals surface area (Å²) in [6.45, 7) is 9.97. The highest BCUT2D eigenvalue weighted by Crippen LogP contribution is 2.30. The molecule has 1 heterocycles. The normalized spacial score (nSPS) is 16.4. The molecule has 0 aliphatic carbocycles. The number of phenolic OH excluding ortho intramolecular Hbond substituents is 2. The third kappa shape index (κ3) is 6.61. The van der Waals surface area contributed by atoms with Crippen LogP contribution in [0.3, 0.4) is 0 Å². The zero-order valence-electron chi connectivity index (χ0n) is 21.3. The van der Waals surface area contributed by atoms with E-state index in [-0.39, 0.29) is 51.9 Å². The molecule has 0 radical (unpaired) electrons. The second-order valence-corrected chi connectivity index (χ2v) is 8.87. The molecular formula is C28H38O6. The summed E-state index contributed by atoms with van der Waals surface area (Å²) in [4.78, 5) is 12.8. The maximum Gasteiger partial charge on any atom is 0.199 e. The molecule has 6 heteroatoms. The molecule has 0 saturated carbocycles. The number of fused-ring (bicyclic) bond motifs is 1. The number of allylic oxidation sites excluding steroid dienone is 5. The topological polar surface area (TPSA) is 89.1 Å². The molecule has 4 unspecified atom stereocenters. The number of aromatic hydroxyl groups is 2. The van der Waals surface area contributed by atoms with E-state index in [1.165, 1.54) is 11.6 Å². The molecule has 186 valence electrons. The first-order valence-electron chi connectivity index (χ1n) is 11.7. The van der Waals surface area contributed by atoms with Crippen molar-refractivity contribution in [2.75, 3.05) is 14.2 Å². The van der Waals surface area contributed by atoms with Gasteiger partial charge in [0.25, 0.3) is 0 Å². The van der Waals surface area contributed by atoms with Crippen LogP contribution in [-0.4, -0.2) is 36.6 Å². The van der Waals surface area contributed by atoms with Gasteiger partial charge in [0.15, 0.2) is 5.43 Å². The SMILES string of the molecule is C/C=C(C)/C=C/C=C/C(OC)C(C)C(OC)C(C)CCc1oc2cc(O)cc(O)c2c(=O)c1C. The third-order valence-electron chi connectivity index (χ3n) is 6.48. The monoisotopic (exact) mass is 470 g/mol. The summed E-state index contributed by atoms with van der Waals surface area (Å²) < 4.78 is 17.5. The Bertz CT molecular complexity index is 1110. The summed E-state index contributed by atoms with van der Waals surface area (Å²) in [7, 11) is 3.40. The second-order valence-electron chi connectivity index (χ2n) is 8.87. The van der Waals surface area contributed by atoms with Crippen LogP contribution >= 0.6 is 0 Å². The van der Waals surface area contributed by atoms with E-state index in [1.54, 1.807) is 21.1 Å². The molecule has 6 nitrogen and oxygen atoms in total. The van der Waals surface area contributed by atoms with Gasteiger partial charge >= 0.3 is 0 Å². The lowest BCUT2D eigenvalue weighted by Crippen LogP contribution is -2.36. The van der Waals surface area contributed by atoms with E-state index >= 15 is 0 Å². The van der Waals surface area contributed by atoms with E-state index < -0.39 is 0 Å². The van der Waals surface area contributed by atoms with E-state index in [2.05, 4.69) is 13.8 Å². The van der Waals surface area contributed by atoms with Crippen LogP contribution in [0.1, 0.15) is 45.4 Å². The van der Waals surface area contributed by atoms with E-state index in [0.29, 0.717) is 17.7 Å². The van der Waals surface area contributed by atoms with Gasteiger partial charge in [0.1, 0.15) is 28.2 Å². The number of methoxy groups -OCH3 is 2. The first kappa shape index (κ1) is 27.4. The molecule has 2 aromatic rings. The van der Waals surface area contributed by atoms with Gasteiger partial charge in [-0.15, -0.1) is 0 Å². The van der Waals surface area contributed by atoms with Crippen LogP contribution in [0.5, 0.6) is 11.5 Å². The fourth-order valence-electron chi connectivity index (χ4n) is 4.28. The molecule has 34 heavy (non-hydrogen) atoms. The Morgan fingerprint density at radius 3 is 2.47 bits per heavy atom. The Kier molecular flexibility index (Phi) is 10.1. The van der Waals surface area contributed by atoms with E-state index in [4.69, 9.17) is 13.9 Å². The Labute approximate surface area is 202 Å². The van der Waals surface area contributed by atoms with Gasteiger partial charge in [0.05, 0.1) is 12.2 Å². The molecule has 0 bridgehead atoms. The fraction of sp³-hybridized carbons (Fsp3) is 0.464. The average molecular weight is 471 g/mol. The lowest BCUT2D eigenvalue weighted by Gasteiger charge is -2.32. The second kappa shape index (κ2) is 12.6. The highest BCUT2D eigenvalue weighted by Gasteiger charge is 2.29. The molecule has 2 N–H and O–H groups in total. The van der Waals surface area contributed by atoms with Crippen molar-refractivity contribution in [3.05, 3.63) is 69.6 Å². The maximum absolute atomic E-state index is 12.8. The van der Waals surface area contributed by atoms with Crippen molar-refractivity contribution in [3.63, 3.8) is 0 Å². The molecule has 0 aliphatic rings. The summed E-state index contributed by atoms with van der Waals surface area (Å²) >= 11 is 0. The number of hydrogen-bond donors (Lipinski definition) is 2. The van der Waals surface area contributed by atoms with Gasteiger partial charge in [-0.1, -0.05) is 49.8 Å². The number of aryl methyl sites for hydroxylation is 1. The van der Waals surface area contributed by atoms with Gasteiger partial charge in [-0.3, -0.25) is 4.79 Å². The van der Waals surface area contributed by atoms with Gasteiger partial charge in [0.2, 0.25) is 0 Å². The first-order chi connectivity index (χ1) is 16.1. The average Bonchev–Trinajstić information content (AvgIpc) is 2.80. The van der Waals surface area contributed by atoms with Crippen molar-refractivity contribution in [2.45, 2.75) is 59.7 Å². The van der Waals surface area contributed by atoms with Crippen LogP contribution in [0.4, 0.5) is 0 Å². The van der Waals surface area contributed by atoms with Crippen LogP contribution in [0, 0.1) is 18.8 Å². The fourth-order valence-corrected chi connectivity index (χ4v) is 4.28. The maximum atomic E-state index is 12.8. The summed E-state index contributed by atoms with van der Waals surface area (Å²) in [5.41, 5.74) is 1.54. The van der Waals surface area contributed by atoms with Gasteiger partial charge < -0.3 is 24.1 Å². The summed E-state index contributed by atoms with van der Waals surface area (Å²) in [5, 5.41) is 19.9. The van der Waals surface area contributed by atoms with E-state index in [1.807, 2.05) is 44.2 Å². The lowest BCUT2D eigenvalue weighted by molar-refractivity contribution is -0.0343. The number of benzene rings is 1. The lowest BCUT2D eigenvalue weighted by atomic mass is 9.86. The summed E-state index contributed by atoms with van der Waals surface area (Å²) in [6.07, 6.45) is 11.2.